The molecule has 20 heavy (non-hydrogen) atoms. The second kappa shape index (κ2) is 4.76. The molecule has 2 N–H and O–H groups in total. The number of benzene rings is 1. The minimum Gasteiger partial charge on any atom is -0.383 e. The van der Waals surface area contributed by atoms with Gasteiger partial charge in [0.1, 0.15) is 17.8 Å². The van der Waals surface area contributed by atoms with Crippen molar-refractivity contribution < 1.29 is 0 Å². The normalized spacial score (nSPS) is 11.4. The van der Waals surface area contributed by atoms with Gasteiger partial charge in [-0.1, -0.05) is 23.7 Å². The SMILES string of the molecule is CC(C)n1nc(-c2cccc(Cl)c2)c2c(N)ncnc21. The summed E-state index contributed by atoms with van der Waals surface area (Å²) in [6.45, 7) is 4.10. The van der Waals surface area contributed by atoms with Gasteiger partial charge in [0.15, 0.2) is 5.65 Å². The maximum absolute atomic E-state index is 6.06. The van der Waals surface area contributed by atoms with E-state index in [4.69, 9.17) is 17.3 Å². The number of nitrogen functional groups attached to an aromatic ring is 1. The van der Waals surface area contributed by atoms with Crippen LogP contribution in [0.15, 0.2) is 30.6 Å². The molecule has 0 spiro atoms. The number of nitrogens with two attached hydrogens (primary N) is 1. The number of anilines is 1. The van der Waals surface area contributed by atoms with Crippen LogP contribution in [0.2, 0.25) is 5.02 Å². The zero-order valence-corrected chi connectivity index (χ0v) is 12.0. The van der Waals surface area contributed by atoms with Gasteiger partial charge in [-0.3, -0.25) is 0 Å². The maximum Gasteiger partial charge on any atom is 0.164 e. The fourth-order valence-electron chi connectivity index (χ4n) is 2.19. The van der Waals surface area contributed by atoms with E-state index in [1.54, 1.807) is 0 Å². The summed E-state index contributed by atoms with van der Waals surface area (Å²) in [4.78, 5) is 8.38. The largest absolute Gasteiger partial charge is 0.383 e. The van der Waals surface area contributed by atoms with Gasteiger partial charge in [-0.15, -0.1) is 0 Å². The third kappa shape index (κ3) is 2.00. The van der Waals surface area contributed by atoms with E-state index >= 15 is 0 Å². The first-order chi connectivity index (χ1) is 9.58. The van der Waals surface area contributed by atoms with E-state index in [1.165, 1.54) is 6.33 Å². The quantitative estimate of drug-likeness (QED) is 0.785. The fraction of sp³-hybridized carbons (Fsp3) is 0.214. The highest BCUT2D eigenvalue weighted by Crippen LogP contribution is 2.32. The Morgan fingerprint density at radius 1 is 1.25 bits per heavy atom. The zero-order chi connectivity index (χ0) is 14.3. The van der Waals surface area contributed by atoms with Gasteiger partial charge in [0.05, 0.1) is 5.39 Å². The Morgan fingerprint density at radius 3 is 2.75 bits per heavy atom. The van der Waals surface area contributed by atoms with E-state index in [9.17, 15) is 0 Å². The molecule has 0 saturated heterocycles. The van der Waals surface area contributed by atoms with E-state index in [-0.39, 0.29) is 6.04 Å². The second-order valence-corrected chi connectivity index (χ2v) is 5.29. The number of nitrogens with zero attached hydrogens (tertiary/aromatic N) is 4. The molecule has 2 aromatic heterocycles. The number of hydrogen-bond acceptors (Lipinski definition) is 4. The van der Waals surface area contributed by atoms with Crippen LogP contribution in [0.4, 0.5) is 5.82 Å². The molecule has 0 radical (unpaired) electrons. The van der Waals surface area contributed by atoms with Gasteiger partial charge in [-0.25, -0.2) is 14.6 Å². The minimum atomic E-state index is 0.180. The summed E-state index contributed by atoms with van der Waals surface area (Å²) in [5.74, 6) is 0.428. The molecule has 0 atom stereocenters. The molecule has 3 rings (SSSR count). The van der Waals surface area contributed by atoms with Crippen LogP contribution in [0.5, 0.6) is 0 Å². The van der Waals surface area contributed by atoms with Gasteiger partial charge in [-0.2, -0.15) is 5.10 Å². The minimum absolute atomic E-state index is 0.180. The van der Waals surface area contributed by atoms with Crippen LogP contribution in [0.3, 0.4) is 0 Å². The van der Waals surface area contributed by atoms with E-state index in [2.05, 4.69) is 15.1 Å². The molecule has 5 nitrogen and oxygen atoms in total. The van der Waals surface area contributed by atoms with Gasteiger partial charge in [0.2, 0.25) is 0 Å². The van der Waals surface area contributed by atoms with Gasteiger partial charge in [0, 0.05) is 16.6 Å². The Kier molecular flexibility index (Phi) is 3.06. The lowest BCUT2D eigenvalue weighted by Crippen LogP contribution is -2.04. The molecule has 6 heteroatoms. The number of hydrogen-bond donors (Lipinski definition) is 1. The monoisotopic (exact) mass is 287 g/mol. The molecular formula is C14H14ClN5. The number of rotatable bonds is 2. The van der Waals surface area contributed by atoms with Crippen molar-refractivity contribution in [1.29, 1.82) is 0 Å². The van der Waals surface area contributed by atoms with Crippen molar-refractivity contribution in [3.8, 4) is 11.3 Å². The molecule has 0 amide bonds. The van der Waals surface area contributed by atoms with Crippen molar-refractivity contribution in [2.45, 2.75) is 19.9 Å². The first-order valence-corrected chi connectivity index (χ1v) is 6.70. The summed E-state index contributed by atoms with van der Waals surface area (Å²) in [5, 5.41) is 6.06. The van der Waals surface area contributed by atoms with Crippen LogP contribution in [0.1, 0.15) is 19.9 Å². The molecule has 0 aliphatic rings. The predicted molar refractivity (Wildman–Crippen MR) is 80.6 cm³/mol. The average Bonchev–Trinajstić information content (AvgIpc) is 2.80. The summed E-state index contributed by atoms with van der Waals surface area (Å²) < 4.78 is 1.85. The lowest BCUT2D eigenvalue weighted by atomic mass is 10.1. The molecule has 0 unspecified atom stereocenters. The van der Waals surface area contributed by atoms with Crippen LogP contribution >= 0.6 is 11.6 Å². The Hall–Kier alpha value is -2.14. The summed E-state index contributed by atoms with van der Waals surface area (Å²) in [6.07, 6.45) is 1.46. The summed E-state index contributed by atoms with van der Waals surface area (Å²) >= 11 is 6.06. The molecule has 0 saturated carbocycles. The van der Waals surface area contributed by atoms with Gasteiger partial charge >= 0.3 is 0 Å². The Labute approximate surface area is 121 Å². The number of fused-ring (bicyclic) bond motifs is 1. The molecule has 0 fully saturated rings. The highest BCUT2D eigenvalue weighted by Gasteiger charge is 2.18. The molecule has 3 aromatic rings. The lowest BCUT2D eigenvalue weighted by Gasteiger charge is -2.05. The zero-order valence-electron chi connectivity index (χ0n) is 11.2. The summed E-state index contributed by atoms with van der Waals surface area (Å²) in [5.41, 5.74) is 8.41. The van der Waals surface area contributed by atoms with E-state index in [1.807, 2.05) is 42.8 Å². The van der Waals surface area contributed by atoms with Gasteiger partial charge in [0.25, 0.3) is 0 Å². The van der Waals surface area contributed by atoms with E-state index in [0.717, 1.165) is 22.3 Å². The number of aromatic nitrogens is 4. The molecular weight excluding hydrogens is 274 g/mol. The highest BCUT2D eigenvalue weighted by atomic mass is 35.5. The Balaban J connectivity index is 2.36. The van der Waals surface area contributed by atoms with E-state index in [0.29, 0.717) is 10.8 Å². The summed E-state index contributed by atoms with van der Waals surface area (Å²) in [7, 11) is 0. The first-order valence-electron chi connectivity index (χ1n) is 6.32. The number of halogens is 1. The second-order valence-electron chi connectivity index (χ2n) is 4.85. The average molecular weight is 288 g/mol. The van der Waals surface area contributed by atoms with Crippen molar-refractivity contribution in [3.63, 3.8) is 0 Å². The molecule has 1 aromatic carbocycles. The summed E-state index contributed by atoms with van der Waals surface area (Å²) in [6, 6.07) is 7.70. The van der Waals surface area contributed by atoms with E-state index < -0.39 is 0 Å². The Morgan fingerprint density at radius 2 is 2.05 bits per heavy atom. The van der Waals surface area contributed by atoms with Crippen LogP contribution in [0.25, 0.3) is 22.3 Å². The maximum atomic E-state index is 6.06. The van der Waals surface area contributed by atoms with Crippen molar-refractivity contribution in [1.82, 2.24) is 19.7 Å². The predicted octanol–water partition coefficient (Wildman–Crippen LogP) is 3.31. The molecule has 0 bridgehead atoms. The van der Waals surface area contributed by atoms with Gasteiger partial charge in [-0.05, 0) is 26.0 Å². The molecule has 0 aliphatic carbocycles. The topological polar surface area (TPSA) is 69.6 Å². The van der Waals surface area contributed by atoms with Crippen molar-refractivity contribution in [2.75, 3.05) is 5.73 Å². The highest BCUT2D eigenvalue weighted by molar-refractivity contribution is 6.30. The molecule has 0 aliphatic heterocycles. The van der Waals surface area contributed by atoms with Gasteiger partial charge < -0.3 is 5.73 Å². The van der Waals surface area contributed by atoms with Crippen molar-refractivity contribution in [3.05, 3.63) is 35.6 Å². The van der Waals surface area contributed by atoms with Crippen LogP contribution in [0, 0.1) is 0 Å². The van der Waals surface area contributed by atoms with Crippen LogP contribution < -0.4 is 5.73 Å². The third-order valence-corrected chi connectivity index (χ3v) is 3.34. The van der Waals surface area contributed by atoms with Crippen LogP contribution in [-0.4, -0.2) is 19.7 Å². The lowest BCUT2D eigenvalue weighted by molar-refractivity contribution is 0.548. The smallest absolute Gasteiger partial charge is 0.164 e. The first kappa shape index (κ1) is 12.9. The molecule has 102 valence electrons. The van der Waals surface area contributed by atoms with Crippen molar-refractivity contribution >= 4 is 28.5 Å². The standard InChI is InChI=1S/C14H14ClN5/c1-8(2)20-14-11(13(16)17-7-18-14)12(19-20)9-4-3-5-10(15)6-9/h3-8H,1-2H3,(H2,16,17,18). The fourth-order valence-corrected chi connectivity index (χ4v) is 2.38. The third-order valence-electron chi connectivity index (χ3n) is 3.11. The Bertz CT molecular complexity index is 778. The van der Waals surface area contributed by atoms with Crippen molar-refractivity contribution in [2.24, 2.45) is 0 Å². The molecule has 2 heterocycles. The van der Waals surface area contributed by atoms with Crippen LogP contribution in [-0.2, 0) is 0 Å².